The van der Waals surface area contributed by atoms with Gasteiger partial charge in [0.15, 0.2) is 5.82 Å². The van der Waals surface area contributed by atoms with E-state index in [2.05, 4.69) is 57.7 Å². The molecule has 1 unspecified atom stereocenters. The Morgan fingerprint density at radius 2 is 1.90 bits per heavy atom. The van der Waals surface area contributed by atoms with Crippen molar-refractivity contribution in [1.29, 1.82) is 0 Å². The normalized spacial score (nSPS) is 15.7. The van der Waals surface area contributed by atoms with E-state index in [0.29, 0.717) is 0 Å². The van der Waals surface area contributed by atoms with E-state index in [9.17, 15) is 4.79 Å². The summed E-state index contributed by atoms with van der Waals surface area (Å²) >= 11 is 1.67. The van der Waals surface area contributed by atoms with Crippen LogP contribution in [-0.4, -0.2) is 35.2 Å². The van der Waals surface area contributed by atoms with Crippen molar-refractivity contribution in [3.8, 4) is 10.6 Å². The van der Waals surface area contributed by atoms with Gasteiger partial charge in [-0.2, -0.15) is 0 Å². The SMILES string of the molecule is CC(CCc1ccccc1)NC(=O)C1CCN(c2ccc(-c3cccs3)nn2)CC1. The van der Waals surface area contributed by atoms with E-state index in [1.165, 1.54) is 5.56 Å². The predicted molar refractivity (Wildman–Crippen MR) is 123 cm³/mol. The zero-order chi connectivity index (χ0) is 20.8. The fourth-order valence-electron chi connectivity index (χ4n) is 3.88. The Balaban J connectivity index is 1.23. The highest BCUT2D eigenvalue weighted by Crippen LogP contribution is 2.25. The Morgan fingerprint density at radius 3 is 2.57 bits per heavy atom. The van der Waals surface area contributed by atoms with E-state index in [4.69, 9.17) is 0 Å². The molecule has 1 saturated heterocycles. The summed E-state index contributed by atoms with van der Waals surface area (Å²) in [5.74, 6) is 1.17. The predicted octanol–water partition coefficient (Wildman–Crippen LogP) is 4.56. The number of amides is 1. The molecule has 1 atom stereocenters. The first-order valence-corrected chi connectivity index (χ1v) is 11.5. The monoisotopic (exact) mass is 420 g/mol. The third-order valence-electron chi connectivity index (χ3n) is 5.71. The number of nitrogens with zero attached hydrogens (tertiary/aromatic N) is 3. The average molecular weight is 421 g/mol. The second-order valence-electron chi connectivity index (χ2n) is 7.95. The summed E-state index contributed by atoms with van der Waals surface area (Å²) in [7, 11) is 0. The molecule has 30 heavy (non-hydrogen) atoms. The molecule has 3 aromatic rings. The topological polar surface area (TPSA) is 58.1 Å². The summed E-state index contributed by atoms with van der Waals surface area (Å²) in [5, 5.41) is 14.0. The van der Waals surface area contributed by atoms with Crippen molar-refractivity contribution in [2.24, 2.45) is 5.92 Å². The average Bonchev–Trinajstić information content (AvgIpc) is 3.34. The summed E-state index contributed by atoms with van der Waals surface area (Å²) in [5.41, 5.74) is 2.23. The van der Waals surface area contributed by atoms with E-state index < -0.39 is 0 Å². The summed E-state index contributed by atoms with van der Waals surface area (Å²) in [6.45, 7) is 3.77. The number of aryl methyl sites for hydroxylation is 1. The smallest absolute Gasteiger partial charge is 0.223 e. The van der Waals surface area contributed by atoms with Gasteiger partial charge in [0.1, 0.15) is 5.69 Å². The van der Waals surface area contributed by atoms with Crippen molar-refractivity contribution in [2.45, 2.75) is 38.6 Å². The molecule has 4 rings (SSSR count). The highest BCUT2D eigenvalue weighted by Gasteiger charge is 2.26. The lowest BCUT2D eigenvalue weighted by Gasteiger charge is -2.32. The lowest BCUT2D eigenvalue weighted by Crippen LogP contribution is -2.43. The van der Waals surface area contributed by atoms with E-state index in [1.807, 2.05) is 29.6 Å². The number of piperidine rings is 1. The van der Waals surface area contributed by atoms with E-state index in [1.54, 1.807) is 11.3 Å². The van der Waals surface area contributed by atoms with Gasteiger partial charge in [-0.15, -0.1) is 21.5 Å². The Kier molecular flexibility index (Phi) is 6.74. The lowest BCUT2D eigenvalue weighted by atomic mass is 9.95. The summed E-state index contributed by atoms with van der Waals surface area (Å²) < 4.78 is 0. The maximum atomic E-state index is 12.7. The summed E-state index contributed by atoms with van der Waals surface area (Å²) in [6, 6.07) is 18.8. The first-order chi connectivity index (χ1) is 14.7. The van der Waals surface area contributed by atoms with Crippen molar-refractivity contribution < 1.29 is 4.79 Å². The molecule has 0 bridgehead atoms. The van der Waals surface area contributed by atoms with Gasteiger partial charge in [-0.3, -0.25) is 4.79 Å². The summed E-state index contributed by atoms with van der Waals surface area (Å²) in [6.07, 6.45) is 3.65. The molecule has 1 N–H and O–H groups in total. The van der Waals surface area contributed by atoms with Crippen LogP contribution in [0.1, 0.15) is 31.7 Å². The number of anilines is 1. The van der Waals surface area contributed by atoms with Gasteiger partial charge < -0.3 is 10.2 Å². The van der Waals surface area contributed by atoms with Gasteiger partial charge in [-0.05, 0) is 61.7 Å². The molecule has 2 aromatic heterocycles. The van der Waals surface area contributed by atoms with Gasteiger partial charge in [-0.1, -0.05) is 36.4 Å². The van der Waals surface area contributed by atoms with Gasteiger partial charge in [0.05, 0.1) is 4.88 Å². The van der Waals surface area contributed by atoms with Crippen LogP contribution in [0.15, 0.2) is 60.0 Å². The second kappa shape index (κ2) is 9.85. The van der Waals surface area contributed by atoms with Gasteiger partial charge in [0.2, 0.25) is 5.91 Å². The molecule has 1 fully saturated rings. The Hall–Kier alpha value is -2.73. The molecular formula is C24H28N4OS. The molecule has 0 radical (unpaired) electrons. The van der Waals surface area contributed by atoms with Crippen LogP contribution >= 0.6 is 11.3 Å². The number of nitrogens with one attached hydrogen (secondary N) is 1. The Bertz CT molecular complexity index is 920. The molecule has 0 spiro atoms. The third kappa shape index (κ3) is 5.25. The zero-order valence-electron chi connectivity index (χ0n) is 17.3. The van der Waals surface area contributed by atoms with Crippen LogP contribution in [0.2, 0.25) is 0 Å². The zero-order valence-corrected chi connectivity index (χ0v) is 18.1. The van der Waals surface area contributed by atoms with E-state index in [0.717, 1.165) is 55.2 Å². The maximum absolute atomic E-state index is 12.7. The van der Waals surface area contributed by atoms with Crippen LogP contribution in [0, 0.1) is 5.92 Å². The van der Waals surface area contributed by atoms with Crippen molar-refractivity contribution in [2.75, 3.05) is 18.0 Å². The van der Waals surface area contributed by atoms with Gasteiger partial charge >= 0.3 is 0 Å². The number of hydrogen-bond acceptors (Lipinski definition) is 5. The molecule has 0 aliphatic carbocycles. The fourth-order valence-corrected chi connectivity index (χ4v) is 4.57. The van der Waals surface area contributed by atoms with Gasteiger partial charge in [-0.25, -0.2) is 0 Å². The van der Waals surface area contributed by atoms with Crippen molar-refractivity contribution >= 4 is 23.1 Å². The molecule has 0 saturated carbocycles. The van der Waals surface area contributed by atoms with E-state index in [-0.39, 0.29) is 17.9 Å². The molecule has 1 amide bonds. The van der Waals surface area contributed by atoms with E-state index >= 15 is 0 Å². The van der Waals surface area contributed by atoms with Crippen LogP contribution in [0.4, 0.5) is 5.82 Å². The number of carbonyl (C=O) groups excluding carboxylic acids is 1. The fraction of sp³-hybridized carbons (Fsp3) is 0.375. The molecule has 3 heterocycles. The Labute approximate surface area is 182 Å². The van der Waals surface area contributed by atoms with Crippen LogP contribution in [0.25, 0.3) is 10.6 Å². The van der Waals surface area contributed by atoms with Crippen LogP contribution in [0.3, 0.4) is 0 Å². The van der Waals surface area contributed by atoms with Crippen molar-refractivity contribution in [3.63, 3.8) is 0 Å². The minimum atomic E-state index is 0.0822. The molecule has 1 aliphatic heterocycles. The molecule has 5 nitrogen and oxygen atoms in total. The number of hydrogen-bond donors (Lipinski definition) is 1. The number of thiophene rings is 1. The van der Waals surface area contributed by atoms with Crippen LogP contribution in [-0.2, 0) is 11.2 Å². The van der Waals surface area contributed by atoms with Gasteiger partial charge in [0, 0.05) is 25.0 Å². The highest BCUT2D eigenvalue weighted by molar-refractivity contribution is 7.13. The molecule has 6 heteroatoms. The number of aromatic nitrogens is 2. The van der Waals surface area contributed by atoms with Gasteiger partial charge in [0.25, 0.3) is 0 Å². The largest absolute Gasteiger partial charge is 0.355 e. The summed E-state index contributed by atoms with van der Waals surface area (Å²) in [4.78, 5) is 16.0. The second-order valence-corrected chi connectivity index (χ2v) is 8.90. The number of benzene rings is 1. The highest BCUT2D eigenvalue weighted by atomic mass is 32.1. The van der Waals surface area contributed by atoms with Crippen LogP contribution in [0.5, 0.6) is 0 Å². The first kappa shape index (κ1) is 20.5. The minimum absolute atomic E-state index is 0.0822. The molecule has 156 valence electrons. The van der Waals surface area contributed by atoms with Crippen LogP contribution < -0.4 is 10.2 Å². The maximum Gasteiger partial charge on any atom is 0.223 e. The number of carbonyl (C=O) groups is 1. The minimum Gasteiger partial charge on any atom is -0.355 e. The third-order valence-corrected chi connectivity index (χ3v) is 6.60. The lowest BCUT2D eigenvalue weighted by molar-refractivity contribution is -0.126. The Morgan fingerprint density at radius 1 is 1.10 bits per heavy atom. The molecule has 1 aliphatic rings. The molecule has 1 aromatic carbocycles. The number of rotatable bonds is 7. The van der Waals surface area contributed by atoms with Crippen molar-refractivity contribution in [1.82, 2.24) is 15.5 Å². The van der Waals surface area contributed by atoms with Crippen molar-refractivity contribution in [3.05, 3.63) is 65.5 Å². The first-order valence-electron chi connectivity index (χ1n) is 10.7. The standard InChI is InChI=1S/C24H28N4OS/c1-18(9-10-19-6-3-2-4-7-19)25-24(29)20-13-15-28(16-14-20)23-12-11-21(26-27-23)22-8-5-17-30-22/h2-8,11-12,17-18,20H,9-10,13-16H2,1H3,(H,25,29). The molecular weight excluding hydrogens is 392 g/mol. The quantitative estimate of drug-likeness (QED) is 0.609.